The van der Waals surface area contributed by atoms with Crippen molar-refractivity contribution in [3.05, 3.63) is 29.5 Å². The van der Waals surface area contributed by atoms with Gasteiger partial charge in [0.2, 0.25) is 0 Å². The van der Waals surface area contributed by atoms with Crippen LogP contribution in [0.2, 0.25) is 0 Å². The fraction of sp³-hybridized carbons (Fsp3) is 0.571. The van der Waals surface area contributed by atoms with E-state index in [1.165, 1.54) is 13.8 Å². The van der Waals surface area contributed by atoms with Crippen molar-refractivity contribution in [3.63, 3.8) is 0 Å². The monoisotopic (exact) mass is 359 g/mol. The second kappa shape index (κ2) is 7.29. The standard InChI is InChI=1S/C21H30FN3O/c1-14-5-8-18-19(25(14)4)10-9-17(20(18)26-13-21(2,3)22)15(11-23)12-24-16-6-7-16/h9-12,14,16H,5-8,13,23H2,1-4H3. The van der Waals surface area contributed by atoms with Crippen LogP contribution >= 0.6 is 0 Å². The van der Waals surface area contributed by atoms with Gasteiger partial charge in [-0.25, -0.2) is 4.39 Å². The Morgan fingerprint density at radius 2 is 2.12 bits per heavy atom. The molecule has 26 heavy (non-hydrogen) atoms. The van der Waals surface area contributed by atoms with Crippen molar-refractivity contribution in [1.82, 2.24) is 0 Å². The van der Waals surface area contributed by atoms with E-state index in [9.17, 15) is 4.39 Å². The number of ether oxygens (including phenoxy) is 1. The molecular weight excluding hydrogens is 329 g/mol. The summed E-state index contributed by atoms with van der Waals surface area (Å²) < 4.78 is 20.2. The molecule has 0 aromatic heterocycles. The number of halogens is 1. The number of fused-ring (bicyclic) bond motifs is 1. The average molecular weight is 359 g/mol. The zero-order chi connectivity index (χ0) is 18.9. The number of nitrogens with zero attached hydrogens (tertiary/aromatic N) is 2. The number of benzene rings is 1. The second-order valence-corrected chi connectivity index (χ2v) is 8.08. The third kappa shape index (κ3) is 4.19. The SMILES string of the molecule is CC1CCc2c(ccc(C(C=NC3CC3)=CN)c2OCC(C)(C)F)N1C. The van der Waals surface area contributed by atoms with Crippen molar-refractivity contribution in [3.8, 4) is 5.75 Å². The van der Waals surface area contributed by atoms with Gasteiger partial charge >= 0.3 is 0 Å². The van der Waals surface area contributed by atoms with E-state index < -0.39 is 5.67 Å². The summed E-state index contributed by atoms with van der Waals surface area (Å²) in [7, 11) is 2.10. The van der Waals surface area contributed by atoms with E-state index >= 15 is 0 Å². The number of alkyl halides is 1. The van der Waals surface area contributed by atoms with Crippen molar-refractivity contribution >= 4 is 17.5 Å². The molecule has 1 aliphatic heterocycles. The molecule has 0 bridgehead atoms. The van der Waals surface area contributed by atoms with E-state index in [2.05, 4.69) is 29.9 Å². The van der Waals surface area contributed by atoms with E-state index in [0.29, 0.717) is 12.1 Å². The molecule has 3 rings (SSSR count). The Morgan fingerprint density at radius 1 is 1.38 bits per heavy atom. The molecule has 1 aromatic carbocycles. The Morgan fingerprint density at radius 3 is 2.73 bits per heavy atom. The van der Waals surface area contributed by atoms with Crippen LogP contribution in [-0.2, 0) is 6.42 Å². The van der Waals surface area contributed by atoms with Crippen LogP contribution in [0.4, 0.5) is 10.1 Å². The smallest absolute Gasteiger partial charge is 0.139 e. The summed E-state index contributed by atoms with van der Waals surface area (Å²) in [5.74, 6) is 0.742. The zero-order valence-corrected chi connectivity index (χ0v) is 16.3. The van der Waals surface area contributed by atoms with Crippen molar-refractivity contribution in [2.45, 2.75) is 64.2 Å². The molecule has 5 heteroatoms. The van der Waals surface area contributed by atoms with Crippen molar-refractivity contribution in [2.75, 3.05) is 18.6 Å². The van der Waals surface area contributed by atoms with Gasteiger partial charge in [0.25, 0.3) is 0 Å². The van der Waals surface area contributed by atoms with Gasteiger partial charge in [0.1, 0.15) is 18.0 Å². The largest absolute Gasteiger partial charge is 0.489 e. The molecule has 1 aromatic rings. The quantitative estimate of drug-likeness (QED) is 0.778. The molecule has 2 aliphatic rings. The molecule has 0 spiro atoms. The van der Waals surface area contributed by atoms with E-state index in [-0.39, 0.29) is 6.61 Å². The van der Waals surface area contributed by atoms with Gasteiger partial charge in [-0.3, -0.25) is 4.99 Å². The maximum Gasteiger partial charge on any atom is 0.139 e. The van der Waals surface area contributed by atoms with Crippen molar-refractivity contribution < 1.29 is 9.13 Å². The fourth-order valence-corrected chi connectivity index (χ4v) is 3.22. The number of allylic oxidation sites excluding steroid dienone is 1. The molecular formula is C21H30FN3O. The van der Waals surface area contributed by atoms with Crippen LogP contribution in [0.1, 0.15) is 51.2 Å². The highest BCUT2D eigenvalue weighted by molar-refractivity contribution is 6.11. The molecule has 4 nitrogen and oxygen atoms in total. The average Bonchev–Trinajstić information content (AvgIpc) is 3.40. The Kier molecular flexibility index (Phi) is 5.26. The predicted molar refractivity (Wildman–Crippen MR) is 107 cm³/mol. The van der Waals surface area contributed by atoms with Gasteiger partial charge in [-0.05, 0) is 58.6 Å². The number of nitrogens with two attached hydrogens (primary N) is 1. The summed E-state index contributed by atoms with van der Waals surface area (Å²) in [6.07, 6.45) is 7.63. The summed E-state index contributed by atoms with van der Waals surface area (Å²) in [6, 6.07) is 5.02. The summed E-state index contributed by atoms with van der Waals surface area (Å²) in [4.78, 5) is 6.82. The summed E-state index contributed by atoms with van der Waals surface area (Å²) in [6.45, 7) is 5.29. The first-order valence-corrected chi connectivity index (χ1v) is 9.46. The lowest BCUT2D eigenvalue weighted by Gasteiger charge is -2.35. The van der Waals surface area contributed by atoms with E-state index in [1.54, 1.807) is 6.20 Å². The van der Waals surface area contributed by atoms with Crippen LogP contribution in [0.15, 0.2) is 23.3 Å². The third-order valence-corrected chi connectivity index (χ3v) is 5.11. The predicted octanol–water partition coefficient (Wildman–Crippen LogP) is 4.12. The summed E-state index contributed by atoms with van der Waals surface area (Å²) >= 11 is 0. The van der Waals surface area contributed by atoms with Crippen LogP contribution in [-0.4, -0.2) is 37.6 Å². The highest BCUT2D eigenvalue weighted by Gasteiger charge is 2.27. The topological polar surface area (TPSA) is 50.9 Å². The van der Waals surface area contributed by atoms with E-state index in [1.807, 2.05) is 12.3 Å². The van der Waals surface area contributed by atoms with Crippen LogP contribution in [0.25, 0.3) is 5.57 Å². The molecule has 1 saturated carbocycles. The minimum Gasteiger partial charge on any atom is -0.489 e. The highest BCUT2D eigenvalue weighted by atomic mass is 19.1. The van der Waals surface area contributed by atoms with Crippen molar-refractivity contribution in [2.24, 2.45) is 10.7 Å². The first-order chi connectivity index (χ1) is 12.3. The maximum atomic E-state index is 14.1. The van der Waals surface area contributed by atoms with E-state index in [0.717, 1.165) is 53.8 Å². The molecule has 1 unspecified atom stereocenters. The Labute approximate surface area is 155 Å². The number of anilines is 1. The van der Waals surface area contributed by atoms with Crippen LogP contribution in [0, 0.1) is 0 Å². The van der Waals surface area contributed by atoms with Gasteiger partial charge in [-0.1, -0.05) is 0 Å². The summed E-state index contributed by atoms with van der Waals surface area (Å²) in [5, 5.41) is 0. The molecule has 1 heterocycles. The molecule has 0 radical (unpaired) electrons. The number of hydrogen-bond donors (Lipinski definition) is 1. The number of aliphatic imine (C=N–C) groups is 1. The van der Waals surface area contributed by atoms with Crippen molar-refractivity contribution in [1.29, 1.82) is 0 Å². The molecule has 142 valence electrons. The molecule has 0 amide bonds. The van der Waals surface area contributed by atoms with Gasteiger partial charge in [0.15, 0.2) is 0 Å². The minimum absolute atomic E-state index is 0.00728. The van der Waals surface area contributed by atoms with Crippen LogP contribution in [0.3, 0.4) is 0 Å². The van der Waals surface area contributed by atoms with Crippen LogP contribution in [0.5, 0.6) is 5.75 Å². The molecule has 1 atom stereocenters. The van der Waals surface area contributed by atoms with Gasteiger partial charge in [0.05, 0.1) is 6.04 Å². The lowest BCUT2D eigenvalue weighted by Crippen LogP contribution is -2.34. The summed E-state index contributed by atoms with van der Waals surface area (Å²) in [5.41, 5.74) is 8.49. The Hall–Kier alpha value is -2.04. The minimum atomic E-state index is -1.40. The molecule has 2 N–H and O–H groups in total. The van der Waals surface area contributed by atoms with Gasteiger partial charge < -0.3 is 15.4 Å². The van der Waals surface area contributed by atoms with Gasteiger partial charge in [0, 0.05) is 47.9 Å². The first-order valence-electron chi connectivity index (χ1n) is 9.46. The third-order valence-electron chi connectivity index (χ3n) is 5.11. The van der Waals surface area contributed by atoms with Crippen LogP contribution < -0.4 is 15.4 Å². The number of hydrogen-bond acceptors (Lipinski definition) is 4. The number of rotatable bonds is 6. The molecule has 0 saturated heterocycles. The highest BCUT2D eigenvalue weighted by Crippen LogP contribution is 2.41. The zero-order valence-electron chi connectivity index (χ0n) is 16.3. The lowest BCUT2D eigenvalue weighted by molar-refractivity contribution is 0.120. The van der Waals surface area contributed by atoms with Gasteiger partial charge in [-0.2, -0.15) is 0 Å². The normalized spacial score (nSPS) is 21.2. The Balaban J connectivity index is 2.02. The van der Waals surface area contributed by atoms with Gasteiger partial charge in [-0.15, -0.1) is 0 Å². The maximum absolute atomic E-state index is 14.1. The molecule has 1 aliphatic carbocycles. The fourth-order valence-electron chi connectivity index (χ4n) is 3.22. The lowest BCUT2D eigenvalue weighted by atomic mass is 9.92. The molecule has 1 fully saturated rings. The first kappa shape index (κ1) is 18.7. The second-order valence-electron chi connectivity index (χ2n) is 8.08. The van der Waals surface area contributed by atoms with E-state index in [4.69, 9.17) is 10.5 Å². The Bertz CT molecular complexity index is 717.